The van der Waals surface area contributed by atoms with E-state index in [-0.39, 0.29) is 19.0 Å². The maximum atomic E-state index is 13.7. The Morgan fingerprint density at radius 1 is 1.00 bits per heavy atom. The zero-order valence-electron chi connectivity index (χ0n) is 14.8. The molecule has 0 saturated carbocycles. The summed E-state index contributed by atoms with van der Waals surface area (Å²) in [5.41, 5.74) is 2.64. The first kappa shape index (κ1) is 19.6. The topological polar surface area (TPSA) is 54.6 Å². The normalized spacial score (nSPS) is 10.6. The average molecular weight is 439 g/mol. The molecule has 0 atom stereocenters. The number of rotatable bonds is 7. The Morgan fingerprint density at radius 2 is 1.75 bits per heavy atom. The van der Waals surface area contributed by atoms with Gasteiger partial charge in [-0.15, -0.1) is 0 Å². The molecule has 4 nitrogen and oxygen atoms in total. The van der Waals surface area contributed by atoms with Crippen molar-refractivity contribution in [2.75, 3.05) is 0 Å². The van der Waals surface area contributed by atoms with Crippen molar-refractivity contribution < 1.29 is 14.0 Å². The Morgan fingerprint density at radius 3 is 2.50 bits per heavy atom. The van der Waals surface area contributed by atoms with Crippen molar-refractivity contribution in [2.24, 2.45) is 5.16 Å². The number of hydrogen-bond acceptors (Lipinski definition) is 4. The highest BCUT2D eigenvalue weighted by atomic mass is 79.9. The molecule has 3 rings (SSSR count). The van der Waals surface area contributed by atoms with Crippen LogP contribution in [0.25, 0.3) is 0 Å². The first-order chi connectivity index (χ1) is 13.7. The van der Waals surface area contributed by atoms with E-state index in [0.29, 0.717) is 16.9 Å². The lowest BCUT2D eigenvalue weighted by Crippen LogP contribution is -1.99. The van der Waals surface area contributed by atoms with Gasteiger partial charge in [-0.1, -0.05) is 41.6 Å². The third-order valence-electron chi connectivity index (χ3n) is 3.93. The lowest BCUT2D eigenvalue weighted by atomic mass is 10.1. The van der Waals surface area contributed by atoms with Gasteiger partial charge in [0.2, 0.25) is 0 Å². The van der Waals surface area contributed by atoms with E-state index in [4.69, 9.17) is 14.8 Å². The molecular formula is C22H16BrFN2O2. The number of hydrogen-bond donors (Lipinski definition) is 0. The average Bonchev–Trinajstić information content (AvgIpc) is 2.72. The van der Waals surface area contributed by atoms with E-state index in [1.807, 2.05) is 24.3 Å². The second-order valence-electron chi connectivity index (χ2n) is 5.85. The minimum absolute atomic E-state index is 0.139. The maximum Gasteiger partial charge on any atom is 0.143 e. The van der Waals surface area contributed by atoms with E-state index in [1.165, 1.54) is 6.07 Å². The van der Waals surface area contributed by atoms with E-state index >= 15 is 0 Å². The SMILES string of the molecule is N#Cc1ccccc1CO/N=C\c1ccc(OCc2ccccc2F)c(Br)c1. The second kappa shape index (κ2) is 9.67. The second-order valence-corrected chi connectivity index (χ2v) is 6.70. The molecule has 0 aliphatic carbocycles. The van der Waals surface area contributed by atoms with Crippen molar-refractivity contribution in [1.29, 1.82) is 5.26 Å². The van der Waals surface area contributed by atoms with E-state index in [0.717, 1.165) is 15.6 Å². The molecule has 0 aliphatic rings. The molecule has 0 radical (unpaired) electrons. The highest BCUT2D eigenvalue weighted by molar-refractivity contribution is 9.10. The van der Waals surface area contributed by atoms with Crippen LogP contribution >= 0.6 is 15.9 Å². The quantitative estimate of drug-likeness (QED) is 0.356. The van der Waals surface area contributed by atoms with Gasteiger partial charge in [-0.25, -0.2) is 4.39 Å². The van der Waals surface area contributed by atoms with Crippen molar-refractivity contribution >= 4 is 22.1 Å². The number of ether oxygens (including phenoxy) is 1. The van der Waals surface area contributed by atoms with Gasteiger partial charge in [0.25, 0.3) is 0 Å². The van der Waals surface area contributed by atoms with Gasteiger partial charge in [-0.05, 0) is 51.8 Å². The Balaban J connectivity index is 1.57. The summed E-state index contributed by atoms with van der Waals surface area (Å²) in [7, 11) is 0. The molecule has 140 valence electrons. The molecule has 0 aliphatic heterocycles. The summed E-state index contributed by atoms with van der Waals surface area (Å²) in [6, 6.07) is 21.3. The number of halogens is 2. The Kier molecular flexibility index (Phi) is 6.77. The summed E-state index contributed by atoms with van der Waals surface area (Å²) in [6.45, 7) is 0.353. The van der Waals surface area contributed by atoms with E-state index in [2.05, 4.69) is 27.2 Å². The summed E-state index contributed by atoms with van der Waals surface area (Å²) < 4.78 is 20.1. The van der Waals surface area contributed by atoms with Crippen LogP contribution in [0.1, 0.15) is 22.3 Å². The Hall–Kier alpha value is -3.17. The molecule has 28 heavy (non-hydrogen) atoms. The molecule has 0 spiro atoms. The van der Waals surface area contributed by atoms with Gasteiger partial charge in [0.15, 0.2) is 0 Å². The number of nitriles is 1. The van der Waals surface area contributed by atoms with Crippen LogP contribution in [-0.4, -0.2) is 6.21 Å². The summed E-state index contributed by atoms with van der Waals surface area (Å²) in [5, 5.41) is 13.0. The van der Waals surface area contributed by atoms with Crippen LogP contribution in [0.3, 0.4) is 0 Å². The van der Waals surface area contributed by atoms with Crippen LogP contribution in [0.15, 0.2) is 76.4 Å². The number of nitrogens with zero attached hydrogens (tertiary/aromatic N) is 2. The third kappa shape index (κ3) is 5.18. The van der Waals surface area contributed by atoms with E-state index < -0.39 is 0 Å². The summed E-state index contributed by atoms with van der Waals surface area (Å²) in [4.78, 5) is 5.28. The third-order valence-corrected chi connectivity index (χ3v) is 4.55. The molecule has 3 aromatic carbocycles. The fraction of sp³-hybridized carbons (Fsp3) is 0.0909. The minimum atomic E-state index is -0.294. The van der Waals surface area contributed by atoms with Gasteiger partial charge >= 0.3 is 0 Å². The first-order valence-electron chi connectivity index (χ1n) is 8.46. The van der Waals surface area contributed by atoms with E-state index in [1.54, 1.807) is 42.6 Å². The highest BCUT2D eigenvalue weighted by Crippen LogP contribution is 2.26. The van der Waals surface area contributed by atoms with Crippen molar-refractivity contribution in [3.8, 4) is 11.8 Å². The predicted molar refractivity (Wildman–Crippen MR) is 108 cm³/mol. The molecule has 0 fully saturated rings. The van der Waals surface area contributed by atoms with E-state index in [9.17, 15) is 4.39 Å². The van der Waals surface area contributed by atoms with Gasteiger partial charge in [-0.3, -0.25) is 0 Å². The molecule has 6 heteroatoms. The summed E-state index contributed by atoms with van der Waals surface area (Å²) in [5.74, 6) is 0.307. The largest absolute Gasteiger partial charge is 0.488 e. The molecule has 0 N–H and O–H groups in total. The van der Waals surface area contributed by atoms with Gasteiger partial charge in [0.1, 0.15) is 24.8 Å². The van der Waals surface area contributed by atoms with Crippen molar-refractivity contribution in [1.82, 2.24) is 0 Å². The lowest BCUT2D eigenvalue weighted by Gasteiger charge is -2.09. The number of oxime groups is 1. The molecule has 3 aromatic rings. The van der Waals surface area contributed by atoms with Gasteiger partial charge in [-0.2, -0.15) is 5.26 Å². The Labute approximate surface area is 171 Å². The van der Waals surface area contributed by atoms with Crippen molar-refractivity contribution in [3.05, 3.63) is 99.3 Å². The molecular weight excluding hydrogens is 423 g/mol. The van der Waals surface area contributed by atoms with Crippen LogP contribution < -0.4 is 4.74 Å². The lowest BCUT2D eigenvalue weighted by molar-refractivity contribution is 0.132. The maximum absolute atomic E-state index is 13.7. The molecule has 0 bridgehead atoms. The van der Waals surface area contributed by atoms with Crippen LogP contribution in [0.4, 0.5) is 4.39 Å². The van der Waals surface area contributed by atoms with Gasteiger partial charge < -0.3 is 9.57 Å². The van der Waals surface area contributed by atoms with Gasteiger partial charge in [0.05, 0.1) is 22.3 Å². The Bertz CT molecular complexity index is 1030. The molecule has 0 amide bonds. The van der Waals surface area contributed by atoms with Crippen molar-refractivity contribution in [3.63, 3.8) is 0 Å². The molecule has 0 aromatic heterocycles. The first-order valence-corrected chi connectivity index (χ1v) is 9.26. The van der Waals surface area contributed by atoms with Gasteiger partial charge in [0, 0.05) is 11.1 Å². The smallest absolute Gasteiger partial charge is 0.143 e. The van der Waals surface area contributed by atoms with Crippen LogP contribution in [-0.2, 0) is 18.1 Å². The summed E-state index contributed by atoms with van der Waals surface area (Å²) >= 11 is 3.45. The predicted octanol–water partition coefficient (Wildman–Crippen LogP) is 5.59. The molecule has 0 unspecified atom stereocenters. The minimum Gasteiger partial charge on any atom is -0.488 e. The fourth-order valence-corrected chi connectivity index (χ4v) is 2.96. The molecule has 0 heterocycles. The summed E-state index contributed by atoms with van der Waals surface area (Å²) in [6.07, 6.45) is 1.57. The number of benzene rings is 3. The fourth-order valence-electron chi connectivity index (χ4n) is 2.45. The van der Waals surface area contributed by atoms with Crippen LogP contribution in [0.5, 0.6) is 5.75 Å². The highest BCUT2D eigenvalue weighted by Gasteiger charge is 2.06. The van der Waals surface area contributed by atoms with Crippen molar-refractivity contribution in [2.45, 2.75) is 13.2 Å². The molecule has 0 saturated heterocycles. The van der Waals surface area contributed by atoms with Crippen LogP contribution in [0, 0.1) is 17.1 Å². The monoisotopic (exact) mass is 438 g/mol. The zero-order valence-corrected chi connectivity index (χ0v) is 16.4. The zero-order chi connectivity index (χ0) is 19.8. The standard InChI is InChI=1S/C22H16BrFN2O2/c23-20-11-16(13-26-28-15-18-6-2-1-5-17(18)12-25)9-10-22(20)27-14-19-7-3-4-8-21(19)24/h1-11,13H,14-15H2/b26-13-. The van der Waals surface area contributed by atoms with Crippen LogP contribution in [0.2, 0.25) is 0 Å².